The summed E-state index contributed by atoms with van der Waals surface area (Å²) in [5.41, 5.74) is 2.43. The van der Waals surface area contributed by atoms with E-state index in [1.54, 1.807) is 0 Å². The second kappa shape index (κ2) is 7.82. The van der Waals surface area contributed by atoms with Crippen LogP contribution in [0.3, 0.4) is 0 Å². The molecule has 120 valence electrons. The molecule has 0 aromatic heterocycles. The molecule has 1 aliphatic carbocycles. The molecule has 1 saturated carbocycles. The maximum Gasteiger partial charge on any atom is 0.315 e. The van der Waals surface area contributed by atoms with Gasteiger partial charge in [0.2, 0.25) is 0 Å². The standard InChI is InChI=1S/C17H24N2O3/c1-12-2-4-13(5-3-12)10-11-18-17(22)19-15-8-6-14(7-9-15)16(20)21/h2-5,14-15H,6-11H2,1H3,(H,20,21)(H2,18,19,22). The molecule has 1 aromatic carbocycles. The number of carboxylic acids is 1. The number of hydrogen-bond donors (Lipinski definition) is 3. The molecular weight excluding hydrogens is 280 g/mol. The van der Waals surface area contributed by atoms with Crippen LogP contribution in [-0.4, -0.2) is 29.7 Å². The summed E-state index contributed by atoms with van der Waals surface area (Å²) in [5, 5.41) is 14.7. The number of nitrogens with one attached hydrogen (secondary N) is 2. The number of carboxylic acid groups (broad SMARTS) is 1. The lowest BCUT2D eigenvalue weighted by atomic mass is 9.86. The summed E-state index contributed by atoms with van der Waals surface area (Å²) in [4.78, 5) is 22.7. The Balaban J connectivity index is 1.64. The van der Waals surface area contributed by atoms with Crippen LogP contribution in [0.1, 0.15) is 36.8 Å². The second-order valence-electron chi connectivity index (χ2n) is 6.02. The first kappa shape index (κ1) is 16.3. The van der Waals surface area contributed by atoms with Gasteiger partial charge in [-0.15, -0.1) is 0 Å². The van der Waals surface area contributed by atoms with Crippen LogP contribution in [0.2, 0.25) is 0 Å². The van der Waals surface area contributed by atoms with Crippen LogP contribution in [0.15, 0.2) is 24.3 Å². The highest BCUT2D eigenvalue weighted by molar-refractivity contribution is 5.74. The summed E-state index contributed by atoms with van der Waals surface area (Å²) in [5.74, 6) is -0.969. The largest absolute Gasteiger partial charge is 0.481 e. The molecular formula is C17H24N2O3. The molecule has 0 saturated heterocycles. The van der Waals surface area contributed by atoms with Gasteiger partial charge in [-0.3, -0.25) is 4.79 Å². The number of hydrogen-bond acceptors (Lipinski definition) is 2. The van der Waals surface area contributed by atoms with Gasteiger partial charge < -0.3 is 15.7 Å². The summed E-state index contributed by atoms with van der Waals surface area (Å²) in [6.45, 7) is 2.65. The van der Waals surface area contributed by atoms with E-state index in [9.17, 15) is 9.59 Å². The smallest absolute Gasteiger partial charge is 0.315 e. The fourth-order valence-corrected chi connectivity index (χ4v) is 2.80. The summed E-state index contributed by atoms with van der Waals surface area (Å²) >= 11 is 0. The first-order valence-corrected chi connectivity index (χ1v) is 7.87. The monoisotopic (exact) mass is 304 g/mol. The number of carbonyl (C=O) groups excluding carboxylic acids is 1. The van der Waals surface area contributed by atoms with Gasteiger partial charge in [0.15, 0.2) is 0 Å². The quantitative estimate of drug-likeness (QED) is 0.782. The van der Waals surface area contributed by atoms with E-state index in [4.69, 9.17) is 5.11 Å². The topological polar surface area (TPSA) is 78.4 Å². The van der Waals surface area contributed by atoms with E-state index in [-0.39, 0.29) is 18.0 Å². The molecule has 0 bridgehead atoms. The molecule has 1 aromatic rings. The number of benzene rings is 1. The van der Waals surface area contributed by atoms with E-state index < -0.39 is 5.97 Å². The Bertz CT molecular complexity index is 505. The molecule has 0 spiro atoms. The molecule has 1 aliphatic rings. The van der Waals surface area contributed by atoms with E-state index in [0.717, 1.165) is 19.3 Å². The van der Waals surface area contributed by atoms with Crippen molar-refractivity contribution < 1.29 is 14.7 Å². The van der Waals surface area contributed by atoms with Gasteiger partial charge in [0, 0.05) is 12.6 Å². The maximum absolute atomic E-state index is 11.8. The third kappa shape index (κ3) is 5.06. The van der Waals surface area contributed by atoms with Crippen molar-refractivity contribution >= 4 is 12.0 Å². The number of carbonyl (C=O) groups is 2. The van der Waals surface area contributed by atoms with Crippen molar-refractivity contribution in [3.8, 4) is 0 Å². The van der Waals surface area contributed by atoms with Crippen molar-refractivity contribution in [1.29, 1.82) is 0 Å². The lowest BCUT2D eigenvalue weighted by Crippen LogP contribution is -2.44. The number of amides is 2. The predicted octanol–water partition coefficient (Wildman–Crippen LogP) is 2.48. The lowest BCUT2D eigenvalue weighted by Gasteiger charge is -2.26. The summed E-state index contributed by atoms with van der Waals surface area (Å²) in [7, 11) is 0. The minimum absolute atomic E-state index is 0.0926. The Morgan fingerprint density at radius 3 is 2.36 bits per heavy atom. The van der Waals surface area contributed by atoms with Gasteiger partial charge >= 0.3 is 12.0 Å². The van der Waals surface area contributed by atoms with Crippen LogP contribution in [0, 0.1) is 12.8 Å². The predicted molar refractivity (Wildman–Crippen MR) is 84.8 cm³/mol. The first-order valence-electron chi connectivity index (χ1n) is 7.87. The third-order valence-electron chi connectivity index (χ3n) is 4.23. The number of aliphatic carboxylic acids is 1. The van der Waals surface area contributed by atoms with Gasteiger partial charge in [-0.2, -0.15) is 0 Å². The third-order valence-corrected chi connectivity index (χ3v) is 4.23. The van der Waals surface area contributed by atoms with Crippen LogP contribution >= 0.6 is 0 Å². The van der Waals surface area contributed by atoms with E-state index in [2.05, 4.69) is 41.8 Å². The van der Waals surface area contributed by atoms with Crippen molar-refractivity contribution in [2.75, 3.05) is 6.54 Å². The zero-order chi connectivity index (χ0) is 15.9. The fraction of sp³-hybridized carbons (Fsp3) is 0.529. The molecule has 0 unspecified atom stereocenters. The van der Waals surface area contributed by atoms with Gasteiger partial charge in [-0.25, -0.2) is 4.79 Å². The molecule has 3 N–H and O–H groups in total. The van der Waals surface area contributed by atoms with Crippen LogP contribution in [0.4, 0.5) is 4.79 Å². The van der Waals surface area contributed by atoms with Crippen molar-refractivity contribution in [3.63, 3.8) is 0 Å². The van der Waals surface area contributed by atoms with Gasteiger partial charge in [0.1, 0.15) is 0 Å². The lowest BCUT2D eigenvalue weighted by molar-refractivity contribution is -0.142. The van der Waals surface area contributed by atoms with Crippen LogP contribution in [0.25, 0.3) is 0 Å². The highest BCUT2D eigenvalue weighted by Gasteiger charge is 2.26. The van der Waals surface area contributed by atoms with E-state index in [1.807, 2.05) is 0 Å². The van der Waals surface area contributed by atoms with E-state index in [0.29, 0.717) is 19.4 Å². The van der Waals surface area contributed by atoms with Crippen molar-refractivity contribution in [1.82, 2.24) is 10.6 Å². The molecule has 0 aliphatic heterocycles. The van der Waals surface area contributed by atoms with Crippen LogP contribution in [-0.2, 0) is 11.2 Å². The Morgan fingerprint density at radius 2 is 1.77 bits per heavy atom. The molecule has 5 heteroatoms. The number of urea groups is 1. The molecule has 22 heavy (non-hydrogen) atoms. The normalized spacial score (nSPS) is 21.1. The first-order chi connectivity index (χ1) is 10.5. The highest BCUT2D eigenvalue weighted by atomic mass is 16.4. The van der Waals surface area contributed by atoms with Gasteiger partial charge in [-0.1, -0.05) is 29.8 Å². The minimum atomic E-state index is -0.721. The van der Waals surface area contributed by atoms with Crippen LogP contribution in [0.5, 0.6) is 0 Å². The van der Waals surface area contributed by atoms with E-state index in [1.165, 1.54) is 11.1 Å². The fourth-order valence-electron chi connectivity index (χ4n) is 2.80. The zero-order valence-electron chi connectivity index (χ0n) is 13.0. The highest BCUT2D eigenvalue weighted by Crippen LogP contribution is 2.24. The molecule has 0 radical (unpaired) electrons. The van der Waals surface area contributed by atoms with E-state index >= 15 is 0 Å². The average Bonchev–Trinajstić information content (AvgIpc) is 2.50. The summed E-state index contributed by atoms with van der Waals surface area (Å²) in [6, 6.07) is 8.21. The molecule has 5 nitrogen and oxygen atoms in total. The number of aryl methyl sites for hydroxylation is 1. The van der Waals surface area contributed by atoms with Gasteiger partial charge in [0.25, 0.3) is 0 Å². The van der Waals surface area contributed by atoms with Gasteiger partial charge in [-0.05, 0) is 44.6 Å². The Kier molecular flexibility index (Phi) is 5.81. The van der Waals surface area contributed by atoms with Crippen molar-refractivity contribution in [2.24, 2.45) is 5.92 Å². The van der Waals surface area contributed by atoms with Gasteiger partial charge in [0.05, 0.1) is 5.92 Å². The average molecular weight is 304 g/mol. The van der Waals surface area contributed by atoms with Crippen molar-refractivity contribution in [2.45, 2.75) is 45.1 Å². The van der Waals surface area contributed by atoms with Crippen LogP contribution < -0.4 is 10.6 Å². The second-order valence-corrected chi connectivity index (χ2v) is 6.02. The minimum Gasteiger partial charge on any atom is -0.481 e. The zero-order valence-corrected chi connectivity index (χ0v) is 13.0. The maximum atomic E-state index is 11.8. The Morgan fingerprint density at radius 1 is 1.14 bits per heavy atom. The Hall–Kier alpha value is -2.04. The Labute approximate surface area is 131 Å². The SMILES string of the molecule is Cc1ccc(CCNC(=O)NC2CCC(C(=O)O)CC2)cc1. The molecule has 2 amide bonds. The molecule has 0 heterocycles. The van der Waals surface area contributed by atoms with Crippen molar-refractivity contribution in [3.05, 3.63) is 35.4 Å². The molecule has 2 rings (SSSR count). The summed E-state index contributed by atoms with van der Waals surface area (Å²) < 4.78 is 0. The number of rotatable bonds is 5. The molecule has 0 atom stereocenters. The molecule has 1 fully saturated rings. The summed E-state index contributed by atoms with van der Waals surface area (Å²) in [6.07, 6.45) is 3.57.